The van der Waals surface area contributed by atoms with Crippen molar-refractivity contribution < 1.29 is 9.94 Å². The number of ether oxygens (including phenoxy) is 1. The molecule has 0 aliphatic rings. The van der Waals surface area contributed by atoms with Gasteiger partial charge in [0.15, 0.2) is 5.75 Å². The minimum atomic E-state index is 0.543. The molecule has 0 unspecified atom stereocenters. The molecule has 0 aliphatic heterocycles. The van der Waals surface area contributed by atoms with E-state index in [1.54, 1.807) is 12.1 Å². The predicted molar refractivity (Wildman–Crippen MR) is 58.4 cm³/mol. The Hall–Kier alpha value is -2.00. The Bertz CT molecular complexity index is 429. The SMILES string of the molecule is ONc1ccccc1Oc1ccccc1. The van der Waals surface area contributed by atoms with Gasteiger partial charge in [-0.25, -0.2) is 0 Å². The lowest BCUT2D eigenvalue weighted by atomic mass is 10.3. The Kier molecular flexibility index (Phi) is 2.85. The first-order chi connectivity index (χ1) is 7.40. The molecule has 0 aliphatic carbocycles. The van der Waals surface area contributed by atoms with Crippen LogP contribution in [0.5, 0.6) is 11.5 Å². The number of hydrogen-bond donors (Lipinski definition) is 2. The lowest BCUT2D eigenvalue weighted by Gasteiger charge is -2.09. The molecular formula is C12H11NO2. The van der Waals surface area contributed by atoms with Crippen LogP contribution in [0.1, 0.15) is 0 Å². The molecule has 0 amide bonds. The molecule has 0 spiro atoms. The van der Waals surface area contributed by atoms with Crippen LogP contribution in [0.25, 0.3) is 0 Å². The van der Waals surface area contributed by atoms with Crippen LogP contribution >= 0.6 is 0 Å². The summed E-state index contributed by atoms with van der Waals surface area (Å²) < 4.78 is 5.58. The van der Waals surface area contributed by atoms with Crippen molar-refractivity contribution in [3.05, 3.63) is 54.6 Å². The average molecular weight is 201 g/mol. The molecule has 2 rings (SSSR count). The van der Waals surface area contributed by atoms with E-state index in [4.69, 9.17) is 9.94 Å². The van der Waals surface area contributed by atoms with E-state index in [1.807, 2.05) is 42.5 Å². The fourth-order valence-corrected chi connectivity index (χ4v) is 1.26. The maximum absolute atomic E-state index is 8.87. The van der Waals surface area contributed by atoms with Gasteiger partial charge in [-0.05, 0) is 24.3 Å². The van der Waals surface area contributed by atoms with E-state index >= 15 is 0 Å². The van der Waals surface area contributed by atoms with Gasteiger partial charge < -0.3 is 4.74 Å². The summed E-state index contributed by atoms with van der Waals surface area (Å²) in [6.07, 6.45) is 0. The Morgan fingerprint density at radius 3 is 2.27 bits per heavy atom. The van der Waals surface area contributed by atoms with Gasteiger partial charge in [0.1, 0.15) is 11.4 Å². The fourth-order valence-electron chi connectivity index (χ4n) is 1.26. The highest BCUT2D eigenvalue weighted by Gasteiger charge is 2.01. The van der Waals surface area contributed by atoms with Gasteiger partial charge in [0.05, 0.1) is 0 Å². The zero-order valence-electron chi connectivity index (χ0n) is 8.05. The highest BCUT2D eigenvalue weighted by molar-refractivity contribution is 5.55. The first-order valence-corrected chi connectivity index (χ1v) is 4.62. The average Bonchev–Trinajstić information content (AvgIpc) is 2.31. The highest BCUT2D eigenvalue weighted by Crippen LogP contribution is 2.28. The highest BCUT2D eigenvalue weighted by atomic mass is 16.5. The number of nitrogens with one attached hydrogen (secondary N) is 1. The maximum atomic E-state index is 8.87. The molecule has 2 aromatic rings. The van der Waals surface area contributed by atoms with E-state index in [-0.39, 0.29) is 0 Å². The Labute approximate surface area is 87.9 Å². The Balaban J connectivity index is 2.24. The van der Waals surface area contributed by atoms with Crippen molar-refractivity contribution in [3.63, 3.8) is 0 Å². The molecular weight excluding hydrogens is 190 g/mol. The third kappa shape index (κ3) is 2.27. The lowest BCUT2D eigenvalue weighted by molar-refractivity contribution is 0.382. The quantitative estimate of drug-likeness (QED) is 0.749. The van der Waals surface area contributed by atoms with E-state index in [0.717, 1.165) is 5.75 Å². The largest absolute Gasteiger partial charge is 0.455 e. The van der Waals surface area contributed by atoms with Gasteiger partial charge in [-0.1, -0.05) is 30.3 Å². The maximum Gasteiger partial charge on any atom is 0.152 e. The molecule has 0 radical (unpaired) electrons. The van der Waals surface area contributed by atoms with Crippen LogP contribution < -0.4 is 10.2 Å². The van der Waals surface area contributed by atoms with Crippen LogP contribution in [-0.4, -0.2) is 5.21 Å². The second-order valence-corrected chi connectivity index (χ2v) is 3.02. The fraction of sp³-hybridized carbons (Fsp3) is 0. The van der Waals surface area contributed by atoms with Crippen LogP contribution in [0.15, 0.2) is 54.6 Å². The van der Waals surface area contributed by atoms with Gasteiger partial charge in [-0.3, -0.25) is 10.7 Å². The molecule has 0 saturated heterocycles. The summed E-state index contributed by atoms with van der Waals surface area (Å²) in [6, 6.07) is 16.6. The number of para-hydroxylation sites is 3. The third-order valence-corrected chi connectivity index (χ3v) is 1.98. The van der Waals surface area contributed by atoms with Crippen molar-refractivity contribution in [1.82, 2.24) is 0 Å². The van der Waals surface area contributed by atoms with Crippen molar-refractivity contribution in [2.75, 3.05) is 5.48 Å². The molecule has 3 heteroatoms. The Morgan fingerprint density at radius 2 is 1.53 bits per heavy atom. The minimum absolute atomic E-state index is 0.543. The molecule has 15 heavy (non-hydrogen) atoms. The molecule has 0 atom stereocenters. The van der Waals surface area contributed by atoms with Crippen molar-refractivity contribution in [2.45, 2.75) is 0 Å². The molecule has 2 aromatic carbocycles. The molecule has 0 bridgehead atoms. The molecule has 0 fully saturated rings. The summed E-state index contributed by atoms with van der Waals surface area (Å²) in [5, 5.41) is 8.87. The molecule has 76 valence electrons. The summed E-state index contributed by atoms with van der Waals surface area (Å²) in [5.74, 6) is 1.33. The number of hydrogen-bond acceptors (Lipinski definition) is 3. The second-order valence-electron chi connectivity index (χ2n) is 3.02. The van der Waals surface area contributed by atoms with Crippen LogP contribution in [0.3, 0.4) is 0 Å². The van der Waals surface area contributed by atoms with Gasteiger partial charge in [0, 0.05) is 0 Å². The lowest BCUT2D eigenvalue weighted by Crippen LogP contribution is -1.93. The van der Waals surface area contributed by atoms with E-state index < -0.39 is 0 Å². The first kappa shape index (κ1) is 9.55. The summed E-state index contributed by atoms with van der Waals surface area (Å²) in [5.41, 5.74) is 2.63. The zero-order valence-corrected chi connectivity index (χ0v) is 8.05. The van der Waals surface area contributed by atoms with E-state index in [1.165, 1.54) is 0 Å². The summed E-state index contributed by atoms with van der Waals surface area (Å²) in [6.45, 7) is 0. The summed E-state index contributed by atoms with van der Waals surface area (Å²) >= 11 is 0. The van der Waals surface area contributed by atoms with Crippen molar-refractivity contribution in [1.29, 1.82) is 0 Å². The van der Waals surface area contributed by atoms with E-state index in [9.17, 15) is 0 Å². The van der Waals surface area contributed by atoms with E-state index in [0.29, 0.717) is 11.4 Å². The molecule has 0 saturated carbocycles. The monoisotopic (exact) mass is 201 g/mol. The van der Waals surface area contributed by atoms with Gasteiger partial charge in [0.2, 0.25) is 0 Å². The number of rotatable bonds is 3. The first-order valence-electron chi connectivity index (χ1n) is 4.62. The van der Waals surface area contributed by atoms with Crippen molar-refractivity contribution in [3.8, 4) is 11.5 Å². The minimum Gasteiger partial charge on any atom is -0.455 e. The molecule has 3 nitrogen and oxygen atoms in total. The van der Waals surface area contributed by atoms with Crippen LogP contribution in [0, 0.1) is 0 Å². The molecule has 2 N–H and O–H groups in total. The zero-order chi connectivity index (χ0) is 10.5. The van der Waals surface area contributed by atoms with Gasteiger partial charge in [-0.15, -0.1) is 0 Å². The second kappa shape index (κ2) is 4.48. The molecule has 0 aromatic heterocycles. The third-order valence-electron chi connectivity index (χ3n) is 1.98. The number of anilines is 1. The van der Waals surface area contributed by atoms with Crippen LogP contribution in [0.4, 0.5) is 5.69 Å². The normalized spacial score (nSPS) is 9.67. The molecule has 0 heterocycles. The standard InChI is InChI=1S/C12H11NO2/c14-13-11-8-4-5-9-12(11)15-10-6-2-1-3-7-10/h1-9,13-14H. The number of benzene rings is 2. The van der Waals surface area contributed by atoms with Crippen LogP contribution in [-0.2, 0) is 0 Å². The van der Waals surface area contributed by atoms with Crippen molar-refractivity contribution >= 4 is 5.69 Å². The van der Waals surface area contributed by atoms with Gasteiger partial charge in [0.25, 0.3) is 0 Å². The van der Waals surface area contributed by atoms with Gasteiger partial charge >= 0.3 is 0 Å². The van der Waals surface area contributed by atoms with Gasteiger partial charge in [-0.2, -0.15) is 0 Å². The van der Waals surface area contributed by atoms with E-state index in [2.05, 4.69) is 5.48 Å². The summed E-state index contributed by atoms with van der Waals surface area (Å²) in [4.78, 5) is 0. The van der Waals surface area contributed by atoms with Crippen molar-refractivity contribution in [2.24, 2.45) is 0 Å². The Morgan fingerprint density at radius 1 is 0.867 bits per heavy atom. The topological polar surface area (TPSA) is 41.5 Å². The van der Waals surface area contributed by atoms with Crippen LogP contribution in [0.2, 0.25) is 0 Å². The summed E-state index contributed by atoms with van der Waals surface area (Å²) in [7, 11) is 0. The predicted octanol–water partition coefficient (Wildman–Crippen LogP) is 3.28. The smallest absolute Gasteiger partial charge is 0.152 e.